The van der Waals surface area contributed by atoms with Crippen molar-refractivity contribution in [1.29, 1.82) is 0 Å². The second-order valence-electron chi connectivity index (χ2n) is 5.26. The quantitative estimate of drug-likeness (QED) is 0.790. The van der Waals surface area contributed by atoms with Crippen LogP contribution in [0.15, 0.2) is 18.3 Å². The van der Waals surface area contributed by atoms with E-state index in [-0.39, 0.29) is 5.97 Å². The van der Waals surface area contributed by atoms with E-state index in [1.807, 2.05) is 10.5 Å². The molecule has 0 amide bonds. The predicted molar refractivity (Wildman–Crippen MR) is 77.4 cm³/mol. The van der Waals surface area contributed by atoms with Crippen LogP contribution >= 0.6 is 11.6 Å². The standard InChI is InChI=1S/C15H17ClN2O2/c1-20-15(19)11-7-8-12-13(16)17-14(18(12)9-11)10-5-3-2-4-6-10/h7-10H,2-6H2,1H3. The fourth-order valence-electron chi connectivity index (χ4n) is 2.96. The zero-order chi connectivity index (χ0) is 14.1. The Labute approximate surface area is 122 Å². The highest BCUT2D eigenvalue weighted by molar-refractivity contribution is 6.32. The number of hydrogen-bond acceptors (Lipinski definition) is 3. The van der Waals surface area contributed by atoms with E-state index in [1.165, 1.54) is 26.4 Å². The predicted octanol–water partition coefficient (Wildman–Crippen LogP) is 3.82. The number of rotatable bonds is 2. The minimum atomic E-state index is -0.341. The molecule has 1 saturated carbocycles. The Kier molecular flexibility index (Phi) is 3.66. The van der Waals surface area contributed by atoms with Gasteiger partial charge in [0.15, 0.2) is 5.15 Å². The van der Waals surface area contributed by atoms with E-state index in [4.69, 9.17) is 16.3 Å². The Bertz CT molecular complexity index is 645. The lowest BCUT2D eigenvalue weighted by Gasteiger charge is -2.20. The summed E-state index contributed by atoms with van der Waals surface area (Å²) in [5, 5.41) is 0.502. The highest BCUT2D eigenvalue weighted by atomic mass is 35.5. The molecule has 0 saturated heterocycles. The molecular formula is C15H17ClN2O2. The minimum Gasteiger partial charge on any atom is -0.465 e. The summed E-state index contributed by atoms with van der Waals surface area (Å²) in [6, 6.07) is 3.55. The van der Waals surface area contributed by atoms with Crippen LogP contribution in [0.4, 0.5) is 0 Å². The molecule has 1 aliphatic carbocycles. The van der Waals surface area contributed by atoms with Crippen molar-refractivity contribution >= 4 is 23.1 Å². The topological polar surface area (TPSA) is 43.6 Å². The van der Waals surface area contributed by atoms with E-state index in [0.717, 1.165) is 24.2 Å². The number of pyridine rings is 1. The number of imidazole rings is 1. The number of ether oxygens (including phenoxy) is 1. The Balaban J connectivity index is 2.08. The van der Waals surface area contributed by atoms with Gasteiger partial charge in [-0.25, -0.2) is 9.78 Å². The van der Waals surface area contributed by atoms with E-state index in [9.17, 15) is 4.79 Å². The smallest absolute Gasteiger partial charge is 0.339 e. The number of hydrogen-bond donors (Lipinski definition) is 0. The molecule has 0 radical (unpaired) electrons. The van der Waals surface area contributed by atoms with Crippen LogP contribution in [0.3, 0.4) is 0 Å². The van der Waals surface area contributed by atoms with Crippen LogP contribution in [0.2, 0.25) is 5.15 Å². The van der Waals surface area contributed by atoms with Gasteiger partial charge in [0.05, 0.1) is 18.2 Å². The van der Waals surface area contributed by atoms with Crippen molar-refractivity contribution in [1.82, 2.24) is 9.38 Å². The number of aromatic nitrogens is 2. The van der Waals surface area contributed by atoms with Crippen molar-refractivity contribution in [2.45, 2.75) is 38.0 Å². The molecule has 4 nitrogen and oxygen atoms in total. The molecule has 2 aromatic rings. The normalized spacial score (nSPS) is 16.5. The molecular weight excluding hydrogens is 276 g/mol. The molecule has 0 spiro atoms. The summed E-state index contributed by atoms with van der Waals surface area (Å²) in [7, 11) is 1.38. The molecule has 20 heavy (non-hydrogen) atoms. The van der Waals surface area contributed by atoms with Crippen molar-refractivity contribution in [2.75, 3.05) is 7.11 Å². The molecule has 2 heterocycles. The van der Waals surface area contributed by atoms with Gasteiger partial charge in [-0.2, -0.15) is 0 Å². The molecule has 0 aliphatic heterocycles. The van der Waals surface area contributed by atoms with E-state index < -0.39 is 0 Å². The van der Waals surface area contributed by atoms with Gasteiger partial charge in [-0.3, -0.25) is 0 Å². The Hall–Kier alpha value is -1.55. The SMILES string of the molecule is COC(=O)c1ccc2c(Cl)nc(C3CCCCC3)n2c1. The minimum absolute atomic E-state index is 0.341. The van der Waals surface area contributed by atoms with Gasteiger partial charge >= 0.3 is 5.97 Å². The lowest BCUT2D eigenvalue weighted by molar-refractivity contribution is 0.0600. The molecule has 0 atom stereocenters. The van der Waals surface area contributed by atoms with Crippen LogP contribution in [0.1, 0.15) is 54.2 Å². The van der Waals surface area contributed by atoms with Gasteiger partial charge in [0.1, 0.15) is 5.82 Å². The lowest BCUT2D eigenvalue weighted by atomic mass is 9.89. The largest absolute Gasteiger partial charge is 0.465 e. The number of esters is 1. The highest BCUT2D eigenvalue weighted by Gasteiger charge is 2.22. The Morgan fingerprint density at radius 2 is 2.10 bits per heavy atom. The number of halogens is 1. The summed E-state index contributed by atoms with van der Waals surface area (Å²) >= 11 is 6.21. The molecule has 0 aromatic carbocycles. The van der Waals surface area contributed by atoms with Crippen LogP contribution in [0.25, 0.3) is 5.52 Å². The van der Waals surface area contributed by atoms with Gasteiger partial charge in [-0.05, 0) is 25.0 Å². The van der Waals surface area contributed by atoms with Gasteiger partial charge in [-0.15, -0.1) is 0 Å². The maximum atomic E-state index is 11.7. The number of carbonyl (C=O) groups is 1. The maximum absolute atomic E-state index is 11.7. The summed E-state index contributed by atoms with van der Waals surface area (Å²) in [6.07, 6.45) is 7.81. The fraction of sp³-hybridized carbons (Fsp3) is 0.467. The molecule has 0 bridgehead atoms. The second kappa shape index (κ2) is 5.44. The number of methoxy groups -OCH3 is 1. The third-order valence-corrected chi connectivity index (χ3v) is 4.29. The molecule has 2 aromatic heterocycles. The van der Waals surface area contributed by atoms with E-state index in [2.05, 4.69) is 4.98 Å². The maximum Gasteiger partial charge on any atom is 0.339 e. The van der Waals surface area contributed by atoms with Crippen LogP contribution in [0, 0.1) is 0 Å². The van der Waals surface area contributed by atoms with Crippen LogP contribution in [0.5, 0.6) is 0 Å². The molecule has 0 unspecified atom stereocenters. The highest BCUT2D eigenvalue weighted by Crippen LogP contribution is 2.34. The van der Waals surface area contributed by atoms with E-state index >= 15 is 0 Å². The van der Waals surface area contributed by atoms with Crippen molar-refractivity contribution in [3.8, 4) is 0 Å². The van der Waals surface area contributed by atoms with Crippen LogP contribution in [-0.4, -0.2) is 22.5 Å². The number of nitrogens with zero attached hydrogens (tertiary/aromatic N) is 2. The van der Waals surface area contributed by atoms with Crippen molar-refractivity contribution < 1.29 is 9.53 Å². The Morgan fingerprint density at radius 3 is 2.80 bits per heavy atom. The third-order valence-electron chi connectivity index (χ3n) is 4.01. The molecule has 106 valence electrons. The first kappa shape index (κ1) is 13.4. The van der Waals surface area contributed by atoms with Gasteiger partial charge in [0.2, 0.25) is 0 Å². The van der Waals surface area contributed by atoms with Gasteiger partial charge in [0.25, 0.3) is 0 Å². The first-order chi connectivity index (χ1) is 9.70. The first-order valence-corrected chi connectivity index (χ1v) is 7.34. The third kappa shape index (κ3) is 2.29. The van der Waals surface area contributed by atoms with E-state index in [0.29, 0.717) is 16.6 Å². The lowest BCUT2D eigenvalue weighted by Crippen LogP contribution is -2.10. The van der Waals surface area contributed by atoms with Crippen LogP contribution < -0.4 is 0 Å². The molecule has 3 rings (SSSR count). The summed E-state index contributed by atoms with van der Waals surface area (Å²) < 4.78 is 6.72. The van der Waals surface area contributed by atoms with Crippen LogP contribution in [-0.2, 0) is 4.74 Å². The molecule has 1 fully saturated rings. The zero-order valence-electron chi connectivity index (χ0n) is 11.4. The summed E-state index contributed by atoms with van der Waals surface area (Å²) in [4.78, 5) is 16.2. The summed E-state index contributed by atoms with van der Waals surface area (Å²) in [5.74, 6) is 1.05. The molecule has 0 N–H and O–H groups in total. The van der Waals surface area contributed by atoms with Gasteiger partial charge in [0, 0.05) is 12.1 Å². The number of carbonyl (C=O) groups excluding carboxylic acids is 1. The Morgan fingerprint density at radius 1 is 1.35 bits per heavy atom. The van der Waals surface area contributed by atoms with Gasteiger partial charge in [-0.1, -0.05) is 30.9 Å². The molecule has 5 heteroatoms. The molecule has 1 aliphatic rings. The number of fused-ring (bicyclic) bond motifs is 1. The second-order valence-corrected chi connectivity index (χ2v) is 5.62. The van der Waals surface area contributed by atoms with Crippen molar-refractivity contribution in [2.24, 2.45) is 0 Å². The fourth-order valence-corrected chi connectivity index (χ4v) is 3.20. The summed E-state index contributed by atoms with van der Waals surface area (Å²) in [5.41, 5.74) is 1.37. The zero-order valence-corrected chi connectivity index (χ0v) is 12.2. The van der Waals surface area contributed by atoms with E-state index in [1.54, 1.807) is 12.3 Å². The van der Waals surface area contributed by atoms with Crippen molar-refractivity contribution in [3.63, 3.8) is 0 Å². The van der Waals surface area contributed by atoms with Crippen molar-refractivity contribution in [3.05, 3.63) is 34.9 Å². The summed E-state index contributed by atoms with van der Waals surface area (Å²) in [6.45, 7) is 0. The monoisotopic (exact) mass is 292 g/mol. The average Bonchev–Trinajstić information content (AvgIpc) is 2.84. The van der Waals surface area contributed by atoms with Gasteiger partial charge < -0.3 is 9.14 Å². The first-order valence-electron chi connectivity index (χ1n) is 6.96. The average molecular weight is 293 g/mol.